The molecule has 0 spiro atoms. The number of carbonyl (C=O) groups excluding carboxylic acids is 1. The molecule has 0 unspecified atom stereocenters. The number of nitrogens with one attached hydrogen (secondary N) is 1. The number of benzene rings is 1. The van der Waals surface area contributed by atoms with Crippen molar-refractivity contribution in [3.05, 3.63) is 52.2 Å². The van der Waals surface area contributed by atoms with E-state index in [-0.39, 0.29) is 5.91 Å². The van der Waals surface area contributed by atoms with E-state index in [2.05, 4.69) is 25.2 Å². The minimum atomic E-state index is -0.0421. The molecule has 0 aliphatic rings. The normalized spacial score (nSPS) is 10.6. The first-order valence-electron chi connectivity index (χ1n) is 6.71. The van der Waals surface area contributed by atoms with E-state index in [0.717, 1.165) is 10.6 Å². The van der Waals surface area contributed by atoms with E-state index >= 15 is 0 Å². The standard InChI is InChI=1S/C16H19NO2S/c1-12(2)13-5-3-6-14(11-13)19-9-8-17-16(18)15-7-4-10-20-15/h3-7,10-12H,8-9H2,1-2H3,(H,17,18). The molecule has 20 heavy (non-hydrogen) atoms. The Hall–Kier alpha value is -1.81. The van der Waals surface area contributed by atoms with Gasteiger partial charge in [0.25, 0.3) is 5.91 Å². The van der Waals surface area contributed by atoms with Gasteiger partial charge >= 0.3 is 0 Å². The summed E-state index contributed by atoms with van der Waals surface area (Å²) in [4.78, 5) is 12.4. The Morgan fingerprint density at radius 1 is 1.30 bits per heavy atom. The second kappa shape index (κ2) is 7.10. The maximum Gasteiger partial charge on any atom is 0.261 e. The van der Waals surface area contributed by atoms with Gasteiger partial charge in [0, 0.05) is 0 Å². The Bertz CT molecular complexity index is 549. The third-order valence-electron chi connectivity index (χ3n) is 2.93. The lowest BCUT2D eigenvalue weighted by Crippen LogP contribution is -2.27. The minimum absolute atomic E-state index is 0.0421. The molecule has 1 heterocycles. The number of amides is 1. The summed E-state index contributed by atoms with van der Waals surface area (Å²) in [6.45, 7) is 5.28. The first kappa shape index (κ1) is 14.6. The van der Waals surface area contributed by atoms with Crippen molar-refractivity contribution in [2.24, 2.45) is 0 Å². The van der Waals surface area contributed by atoms with Crippen LogP contribution in [0, 0.1) is 0 Å². The molecule has 1 aromatic carbocycles. The Morgan fingerprint density at radius 3 is 2.85 bits per heavy atom. The number of thiophene rings is 1. The van der Waals surface area contributed by atoms with Gasteiger partial charge in [-0.3, -0.25) is 4.79 Å². The lowest BCUT2D eigenvalue weighted by Gasteiger charge is -2.10. The van der Waals surface area contributed by atoms with Crippen molar-refractivity contribution in [3.63, 3.8) is 0 Å². The lowest BCUT2D eigenvalue weighted by atomic mass is 10.0. The fourth-order valence-electron chi connectivity index (χ4n) is 1.79. The number of rotatable bonds is 6. The first-order valence-corrected chi connectivity index (χ1v) is 7.59. The van der Waals surface area contributed by atoms with Crippen molar-refractivity contribution < 1.29 is 9.53 Å². The van der Waals surface area contributed by atoms with Crippen LogP contribution < -0.4 is 10.1 Å². The monoisotopic (exact) mass is 289 g/mol. The highest BCUT2D eigenvalue weighted by atomic mass is 32.1. The lowest BCUT2D eigenvalue weighted by molar-refractivity contribution is 0.0951. The Labute approximate surface area is 123 Å². The fourth-order valence-corrected chi connectivity index (χ4v) is 2.43. The van der Waals surface area contributed by atoms with E-state index in [1.165, 1.54) is 16.9 Å². The molecule has 2 aromatic rings. The van der Waals surface area contributed by atoms with Crippen LogP contribution in [0.1, 0.15) is 35.0 Å². The van der Waals surface area contributed by atoms with Crippen LogP contribution in [0.3, 0.4) is 0 Å². The molecule has 1 amide bonds. The van der Waals surface area contributed by atoms with Crippen LogP contribution in [0.4, 0.5) is 0 Å². The summed E-state index contributed by atoms with van der Waals surface area (Å²) in [5.41, 5.74) is 1.25. The number of hydrogen-bond acceptors (Lipinski definition) is 3. The van der Waals surface area contributed by atoms with Crippen LogP contribution in [0.5, 0.6) is 5.75 Å². The average Bonchev–Trinajstić information content (AvgIpc) is 2.98. The van der Waals surface area contributed by atoms with Crippen molar-refractivity contribution >= 4 is 17.2 Å². The Kier molecular flexibility index (Phi) is 5.18. The van der Waals surface area contributed by atoms with E-state index in [9.17, 15) is 4.79 Å². The van der Waals surface area contributed by atoms with Crippen LogP contribution >= 0.6 is 11.3 Å². The van der Waals surface area contributed by atoms with E-state index in [1.807, 2.05) is 35.7 Å². The number of hydrogen-bond donors (Lipinski definition) is 1. The van der Waals surface area contributed by atoms with E-state index in [4.69, 9.17) is 4.74 Å². The van der Waals surface area contributed by atoms with Gasteiger partial charge in [0.05, 0.1) is 11.4 Å². The molecule has 4 heteroatoms. The molecule has 0 bridgehead atoms. The van der Waals surface area contributed by atoms with Gasteiger partial charge in [-0.25, -0.2) is 0 Å². The van der Waals surface area contributed by atoms with E-state index < -0.39 is 0 Å². The summed E-state index contributed by atoms with van der Waals surface area (Å²) >= 11 is 1.44. The van der Waals surface area contributed by atoms with Crippen molar-refractivity contribution in [3.8, 4) is 5.75 Å². The number of carbonyl (C=O) groups is 1. The molecular formula is C16H19NO2S. The highest BCUT2D eigenvalue weighted by Crippen LogP contribution is 2.19. The minimum Gasteiger partial charge on any atom is -0.492 e. The highest BCUT2D eigenvalue weighted by molar-refractivity contribution is 7.12. The highest BCUT2D eigenvalue weighted by Gasteiger charge is 2.05. The second-order valence-electron chi connectivity index (χ2n) is 4.81. The van der Waals surface area contributed by atoms with Crippen LogP contribution in [0.2, 0.25) is 0 Å². The molecule has 1 aromatic heterocycles. The maximum absolute atomic E-state index is 11.7. The fraction of sp³-hybridized carbons (Fsp3) is 0.312. The van der Waals surface area contributed by atoms with Gasteiger partial charge in [-0.05, 0) is 35.1 Å². The largest absolute Gasteiger partial charge is 0.492 e. The molecule has 0 atom stereocenters. The van der Waals surface area contributed by atoms with Gasteiger partial charge < -0.3 is 10.1 Å². The molecule has 3 nitrogen and oxygen atoms in total. The van der Waals surface area contributed by atoms with Crippen LogP contribution in [0.25, 0.3) is 0 Å². The SMILES string of the molecule is CC(C)c1cccc(OCCNC(=O)c2cccs2)c1. The average molecular weight is 289 g/mol. The van der Waals surface area contributed by atoms with Gasteiger partial charge in [-0.2, -0.15) is 0 Å². The zero-order chi connectivity index (χ0) is 14.4. The Morgan fingerprint density at radius 2 is 2.15 bits per heavy atom. The second-order valence-corrected chi connectivity index (χ2v) is 5.76. The molecule has 2 rings (SSSR count). The van der Waals surface area contributed by atoms with Gasteiger partial charge in [-0.15, -0.1) is 11.3 Å². The van der Waals surface area contributed by atoms with Crippen molar-refractivity contribution in [1.82, 2.24) is 5.32 Å². The van der Waals surface area contributed by atoms with Crippen molar-refractivity contribution in [2.75, 3.05) is 13.2 Å². The number of ether oxygens (including phenoxy) is 1. The maximum atomic E-state index is 11.7. The molecule has 0 aliphatic carbocycles. The summed E-state index contributed by atoms with van der Waals surface area (Å²) < 4.78 is 5.65. The molecular weight excluding hydrogens is 270 g/mol. The van der Waals surface area contributed by atoms with Crippen LogP contribution in [-0.2, 0) is 0 Å². The van der Waals surface area contributed by atoms with Gasteiger partial charge in [0.1, 0.15) is 12.4 Å². The summed E-state index contributed by atoms with van der Waals surface area (Å²) in [6.07, 6.45) is 0. The van der Waals surface area contributed by atoms with Gasteiger partial charge in [0.2, 0.25) is 0 Å². The van der Waals surface area contributed by atoms with Crippen LogP contribution in [0.15, 0.2) is 41.8 Å². The zero-order valence-electron chi connectivity index (χ0n) is 11.8. The summed E-state index contributed by atoms with van der Waals surface area (Å²) in [5, 5.41) is 4.73. The predicted molar refractivity (Wildman–Crippen MR) is 82.7 cm³/mol. The molecule has 0 saturated carbocycles. The summed E-state index contributed by atoms with van der Waals surface area (Å²) in [5.74, 6) is 1.29. The molecule has 0 saturated heterocycles. The summed E-state index contributed by atoms with van der Waals surface area (Å²) in [6, 6.07) is 11.8. The van der Waals surface area contributed by atoms with Gasteiger partial charge in [0.15, 0.2) is 0 Å². The molecule has 0 aliphatic heterocycles. The quantitative estimate of drug-likeness (QED) is 0.824. The third-order valence-corrected chi connectivity index (χ3v) is 3.79. The van der Waals surface area contributed by atoms with Crippen LogP contribution in [-0.4, -0.2) is 19.1 Å². The zero-order valence-corrected chi connectivity index (χ0v) is 12.6. The van der Waals surface area contributed by atoms with E-state index in [0.29, 0.717) is 19.1 Å². The Balaban J connectivity index is 1.76. The third kappa shape index (κ3) is 4.10. The molecule has 0 radical (unpaired) electrons. The first-order chi connectivity index (χ1) is 9.66. The van der Waals surface area contributed by atoms with Crippen molar-refractivity contribution in [1.29, 1.82) is 0 Å². The molecule has 106 valence electrons. The molecule has 1 N–H and O–H groups in total. The van der Waals surface area contributed by atoms with E-state index in [1.54, 1.807) is 0 Å². The predicted octanol–water partition coefficient (Wildman–Crippen LogP) is 3.68. The summed E-state index contributed by atoms with van der Waals surface area (Å²) in [7, 11) is 0. The van der Waals surface area contributed by atoms with Crippen molar-refractivity contribution in [2.45, 2.75) is 19.8 Å². The van der Waals surface area contributed by atoms with Gasteiger partial charge in [-0.1, -0.05) is 32.0 Å². The topological polar surface area (TPSA) is 38.3 Å². The molecule has 0 fully saturated rings. The smallest absolute Gasteiger partial charge is 0.261 e.